The van der Waals surface area contributed by atoms with Crippen LogP contribution in [-0.4, -0.2) is 54.1 Å². The van der Waals surface area contributed by atoms with Crippen molar-refractivity contribution < 1.29 is 4.79 Å². The summed E-state index contributed by atoms with van der Waals surface area (Å²) in [6.45, 7) is 4.18. The Kier molecular flexibility index (Phi) is 4.48. The average Bonchev–Trinajstić information content (AvgIpc) is 3.35. The molecule has 5 nitrogen and oxygen atoms in total. The molecule has 1 N–H and O–H groups in total. The molecule has 2 heterocycles. The van der Waals surface area contributed by atoms with E-state index in [4.69, 9.17) is 4.98 Å². The summed E-state index contributed by atoms with van der Waals surface area (Å²) in [6.07, 6.45) is 7.70. The number of anilines is 1. The third-order valence-corrected chi connectivity index (χ3v) is 6.34. The van der Waals surface area contributed by atoms with Crippen LogP contribution in [-0.2, 0) is 0 Å². The van der Waals surface area contributed by atoms with E-state index >= 15 is 0 Å². The van der Waals surface area contributed by atoms with Crippen LogP contribution in [0.1, 0.15) is 48.9 Å². The van der Waals surface area contributed by atoms with Crippen LogP contribution in [0.4, 0.5) is 5.82 Å². The van der Waals surface area contributed by atoms with Crippen molar-refractivity contribution in [3.63, 3.8) is 0 Å². The molecule has 1 aromatic carbocycles. The predicted molar refractivity (Wildman–Crippen MR) is 108 cm³/mol. The maximum Gasteiger partial charge on any atom is 0.252 e. The van der Waals surface area contributed by atoms with Crippen LogP contribution in [0.2, 0.25) is 0 Å². The van der Waals surface area contributed by atoms with Crippen LogP contribution in [0.15, 0.2) is 30.3 Å². The van der Waals surface area contributed by atoms with Gasteiger partial charge in [-0.05, 0) is 37.8 Å². The Labute approximate surface area is 160 Å². The van der Waals surface area contributed by atoms with Gasteiger partial charge in [0.1, 0.15) is 5.82 Å². The number of hydrogen-bond acceptors (Lipinski definition) is 4. The number of nitrogens with zero attached hydrogens (tertiary/aromatic N) is 3. The lowest BCUT2D eigenvalue weighted by molar-refractivity contribution is 0.0952. The van der Waals surface area contributed by atoms with E-state index in [1.165, 1.54) is 25.7 Å². The minimum atomic E-state index is 0.0435. The number of hydrogen-bond donors (Lipinski definition) is 1. The van der Waals surface area contributed by atoms with Crippen LogP contribution in [0, 0.1) is 0 Å². The molecule has 3 fully saturated rings. The number of nitrogens with one attached hydrogen (secondary N) is 1. The van der Waals surface area contributed by atoms with E-state index in [1.54, 1.807) is 0 Å². The van der Waals surface area contributed by atoms with Crippen LogP contribution >= 0.6 is 0 Å². The SMILES string of the molecule is O=C(NC1CC1)c1cc(N2CCN(C3CCCC3)CC2)nc2ccccc12. The molecule has 1 aliphatic heterocycles. The van der Waals surface area contributed by atoms with Crippen molar-refractivity contribution in [1.29, 1.82) is 0 Å². The van der Waals surface area contributed by atoms with E-state index in [9.17, 15) is 4.79 Å². The molecule has 1 saturated heterocycles. The van der Waals surface area contributed by atoms with Crippen LogP contribution in [0.5, 0.6) is 0 Å². The number of piperazine rings is 1. The maximum absolute atomic E-state index is 12.8. The van der Waals surface area contributed by atoms with Gasteiger partial charge in [0.15, 0.2) is 0 Å². The van der Waals surface area contributed by atoms with Crippen molar-refractivity contribution in [1.82, 2.24) is 15.2 Å². The molecule has 5 heteroatoms. The average molecular weight is 364 g/mol. The summed E-state index contributed by atoms with van der Waals surface area (Å²) in [6, 6.07) is 11.2. The van der Waals surface area contributed by atoms with Gasteiger partial charge in [-0.25, -0.2) is 4.98 Å². The molecular formula is C22H28N4O. The van der Waals surface area contributed by atoms with Crippen molar-refractivity contribution in [2.45, 2.75) is 50.6 Å². The van der Waals surface area contributed by atoms with E-state index in [0.29, 0.717) is 6.04 Å². The summed E-state index contributed by atoms with van der Waals surface area (Å²) in [5.74, 6) is 0.989. The first-order valence-electron chi connectivity index (χ1n) is 10.5. The van der Waals surface area contributed by atoms with Gasteiger partial charge in [0, 0.05) is 43.6 Å². The Hall–Kier alpha value is -2.14. The van der Waals surface area contributed by atoms with E-state index in [1.807, 2.05) is 30.3 Å². The Balaban J connectivity index is 1.39. The normalized spacial score (nSPS) is 21.7. The van der Waals surface area contributed by atoms with E-state index in [-0.39, 0.29) is 5.91 Å². The fourth-order valence-corrected chi connectivity index (χ4v) is 4.59. The van der Waals surface area contributed by atoms with Crippen LogP contribution in [0.3, 0.4) is 0 Å². The summed E-state index contributed by atoms with van der Waals surface area (Å²) >= 11 is 0. The highest BCUT2D eigenvalue weighted by Gasteiger charge is 2.28. The lowest BCUT2D eigenvalue weighted by Gasteiger charge is -2.38. The second-order valence-electron chi connectivity index (χ2n) is 8.25. The molecule has 142 valence electrons. The highest BCUT2D eigenvalue weighted by Crippen LogP contribution is 2.28. The number of benzene rings is 1. The van der Waals surface area contributed by atoms with Gasteiger partial charge < -0.3 is 10.2 Å². The lowest BCUT2D eigenvalue weighted by atomic mass is 10.1. The van der Waals surface area contributed by atoms with Gasteiger partial charge in [-0.15, -0.1) is 0 Å². The van der Waals surface area contributed by atoms with Crippen molar-refractivity contribution in [2.24, 2.45) is 0 Å². The molecule has 2 saturated carbocycles. The molecule has 0 spiro atoms. The fourth-order valence-electron chi connectivity index (χ4n) is 4.59. The third-order valence-electron chi connectivity index (χ3n) is 6.34. The minimum Gasteiger partial charge on any atom is -0.354 e. The monoisotopic (exact) mass is 364 g/mol. The molecule has 2 aliphatic carbocycles. The highest BCUT2D eigenvalue weighted by molar-refractivity contribution is 6.07. The number of pyridine rings is 1. The first kappa shape index (κ1) is 17.0. The molecule has 5 rings (SSSR count). The van der Waals surface area contributed by atoms with Crippen molar-refractivity contribution in [3.05, 3.63) is 35.9 Å². The number of para-hydroxylation sites is 1. The molecule has 1 aromatic heterocycles. The molecule has 0 atom stereocenters. The first-order chi connectivity index (χ1) is 13.3. The lowest BCUT2D eigenvalue weighted by Crippen LogP contribution is -2.50. The van der Waals surface area contributed by atoms with Crippen molar-refractivity contribution in [3.8, 4) is 0 Å². The second kappa shape index (κ2) is 7.12. The molecule has 2 aromatic rings. The number of carbonyl (C=O) groups is 1. The molecule has 0 bridgehead atoms. The summed E-state index contributed by atoms with van der Waals surface area (Å²) in [5, 5.41) is 4.09. The van der Waals surface area contributed by atoms with Gasteiger partial charge in [-0.2, -0.15) is 0 Å². The molecule has 3 aliphatic rings. The Morgan fingerprint density at radius 2 is 1.74 bits per heavy atom. The fraction of sp³-hybridized carbons (Fsp3) is 0.545. The van der Waals surface area contributed by atoms with E-state index in [0.717, 1.165) is 67.3 Å². The molecule has 27 heavy (non-hydrogen) atoms. The number of amides is 1. The van der Waals surface area contributed by atoms with Crippen LogP contribution < -0.4 is 10.2 Å². The zero-order valence-electron chi connectivity index (χ0n) is 15.9. The maximum atomic E-state index is 12.8. The first-order valence-corrected chi connectivity index (χ1v) is 10.5. The largest absolute Gasteiger partial charge is 0.354 e. The van der Waals surface area contributed by atoms with Gasteiger partial charge in [0.25, 0.3) is 5.91 Å². The zero-order chi connectivity index (χ0) is 18.2. The van der Waals surface area contributed by atoms with Crippen molar-refractivity contribution >= 4 is 22.6 Å². The van der Waals surface area contributed by atoms with Crippen LogP contribution in [0.25, 0.3) is 10.9 Å². The second-order valence-corrected chi connectivity index (χ2v) is 8.25. The molecule has 0 unspecified atom stereocenters. The summed E-state index contributed by atoms with van der Waals surface area (Å²) in [4.78, 5) is 22.7. The number of carbonyl (C=O) groups excluding carboxylic acids is 1. The topological polar surface area (TPSA) is 48.5 Å². The van der Waals surface area contributed by atoms with Gasteiger partial charge in [-0.3, -0.25) is 9.69 Å². The summed E-state index contributed by atoms with van der Waals surface area (Å²) in [5.41, 5.74) is 1.68. The molecular weight excluding hydrogens is 336 g/mol. The molecule has 1 amide bonds. The van der Waals surface area contributed by atoms with Gasteiger partial charge in [-0.1, -0.05) is 31.0 Å². The Morgan fingerprint density at radius 3 is 2.48 bits per heavy atom. The minimum absolute atomic E-state index is 0.0435. The number of fused-ring (bicyclic) bond motifs is 1. The van der Waals surface area contributed by atoms with E-state index in [2.05, 4.69) is 15.1 Å². The Bertz CT molecular complexity index is 833. The summed E-state index contributed by atoms with van der Waals surface area (Å²) < 4.78 is 0. The summed E-state index contributed by atoms with van der Waals surface area (Å²) in [7, 11) is 0. The molecule has 0 radical (unpaired) electrons. The van der Waals surface area contributed by atoms with Gasteiger partial charge >= 0.3 is 0 Å². The van der Waals surface area contributed by atoms with Gasteiger partial charge in [0.05, 0.1) is 11.1 Å². The van der Waals surface area contributed by atoms with Crippen molar-refractivity contribution in [2.75, 3.05) is 31.1 Å². The highest BCUT2D eigenvalue weighted by atomic mass is 16.1. The quantitative estimate of drug-likeness (QED) is 0.905. The zero-order valence-corrected chi connectivity index (χ0v) is 15.9. The Morgan fingerprint density at radius 1 is 1.00 bits per heavy atom. The van der Waals surface area contributed by atoms with E-state index < -0.39 is 0 Å². The number of aromatic nitrogens is 1. The number of rotatable bonds is 4. The standard InChI is InChI=1S/C22H28N4O/c27-22(23-16-9-10-16)19-15-21(24-20-8-4-3-7-18(19)20)26-13-11-25(12-14-26)17-5-1-2-6-17/h3-4,7-8,15-17H,1-2,5-6,9-14H2,(H,23,27). The smallest absolute Gasteiger partial charge is 0.252 e. The van der Waals surface area contributed by atoms with Gasteiger partial charge in [0.2, 0.25) is 0 Å². The third kappa shape index (κ3) is 3.53. The predicted octanol–water partition coefficient (Wildman–Crippen LogP) is 3.19.